The van der Waals surface area contributed by atoms with Gasteiger partial charge in [-0.1, -0.05) is 0 Å². The summed E-state index contributed by atoms with van der Waals surface area (Å²) in [6.07, 6.45) is 0. The van der Waals surface area contributed by atoms with Crippen LogP contribution in [-0.4, -0.2) is 30.2 Å². The molecule has 0 amide bonds. The van der Waals surface area contributed by atoms with E-state index in [1.807, 2.05) is 0 Å². The molecule has 0 heterocycles. The van der Waals surface area contributed by atoms with E-state index in [2.05, 4.69) is 0 Å². The van der Waals surface area contributed by atoms with E-state index in [4.69, 9.17) is 13.2 Å². The fourth-order valence-electron chi connectivity index (χ4n) is 0. The molecule has 0 aliphatic heterocycles. The first-order valence-corrected chi connectivity index (χ1v) is 5.25. The molecule has 0 bridgehead atoms. The maximum absolute atomic E-state index is 8.97. The molecule has 0 saturated heterocycles. The SMILES string of the molecule is Cl.Cl.Cl.Cl.Cl.Cl.[O]=[Sb]([OH])([OH])[OH]. The molecule has 3 N–H and O–H groups in total. The van der Waals surface area contributed by atoms with Gasteiger partial charge in [-0.3, -0.25) is 0 Å². The van der Waals surface area contributed by atoms with Gasteiger partial charge in [-0.25, -0.2) is 0 Å². The van der Waals surface area contributed by atoms with Gasteiger partial charge in [-0.2, -0.15) is 0 Å². The van der Waals surface area contributed by atoms with Crippen molar-refractivity contribution in [1.82, 2.24) is 0 Å². The monoisotopic (exact) mass is 404 g/mol. The summed E-state index contributed by atoms with van der Waals surface area (Å²) in [6.45, 7) is 0. The molecule has 0 radical (unpaired) electrons. The van der Waals surface area contributed by atoms with E-state index in [1.165, 1.54) is 0 Å². The fourth-order valence-corrected chi connectivity index (χ4v) is 0. The molecule has 0 rings (SSSR count). The van der Waals surface area contributed by atoms with Crippen molar-refractivity contribution in [2.75, 3.05) is 0 Å². The van der Waals surface area contributed by atoms with E-state index in [0.717, 1.165) is 0 Å². The summed E-state index contributed by atoms with van der Waals surface area (Å²) in [5.74, 6) is 0. The second-order valence-electron chi connectivity index (χ2n) is 0.513. The molecule has 0 spiro atoms. The predicted octanol–water partition coefficient (Wildman–Crippen LogP) is 0.360. The van der Waals surface area contributed by atoms with E-state index in [0.29, 0.717) is 0 Å². The van der Waals surface area contributed by atoms with Crippen LogP contribution >= 0.6 is 74.4 Å². The molecule has 80 valence electrons. The van der Waals surface area contributed by atoms with Crippen molar-refractivity contribution in [3.05, 3.63) is 0 Å². The van der Waals surface area contributed by atoms with E-state index in [9.17, 15) is 0 Å². The van der Waals surface area contributed by atoms with Gasteiger partial charge in [0.05, 0.1) is 0 Å². The Labute approximate surface area is 107 Å². The van der Waals surface area contributed by atoms with Crippen molar-refractivity contribution in [2.24, 2.45) is 0 Å². The van der Waals surface area contributed by atoms with Crippen LogP contribution in [0.3, 0.4) is 0 Å². The number of halogens is 6. The predicted molar refractivity (Wildman–Crippen MR) is 56.6 cm³/mol. The summed E-state index contributed by atoms with van der Waals surface area (Å²) < 4.78 is 30.8. The van der Waals surface area contributed by atoms with Crippen LogP contribution in [0.15, 0.2) is 0 Å². The van der Waals surface area contributed by atoms with Crippen molar-refractivity contribution < 1.29 is 13.2 Å². The van der Waals surface area contributed by atoms with Crippen LogP contribution in [0.2, 0.25) is 0 Å². The summed E-state index contributed by atoms with van der Waals surface area (Å²) in [7, 11) is 0. The van der Waals surface area contributed by atoms with Crippen LogP contribution in [0.5, 0.6) is 0 Å². The van der Waals surface area contributed by atoms with Crippen LogP contribution in [0, 0.1) is 0 Å². The van der Waals surface area contributed by atoms with Crippen molar-refractivity contribution >= 4 is 94.5 Å². The number of rotatable bonds is 0. The normalized spacial score (nSPS) is 5.36. The van der Waals surface area contributed by atoms with Gasteiger partial charge in [-0.05, 0) is 0 Å². The van der Waals surface area contributed by atoms with E-state index in [-0.39, 0.29) is 74.4 Å². The Hall–Kier alpha value is 2.24. The van der Waals surface area contributed by atoms with Gasteiger partial charge in [0, 0.05) is 0 Å². The molecular weight excluding hydrogens is 398 g/mol. The molecule has 0 atom stereocenters. The zero-order chi connectivity index (χ0) is 4.50. The van der Waals surface area contributed by atoms with E-state index >= 15 is 0 Å². The summed E-state index contributed by atoms with van der Waals surface area (Å²) in [4.78, 5) is 0. The van der Waals surface area contributed by atoms with Crippen LogP contribution in [-0.2, 0) is 3.02 Å². The van der Waals surface area contributed by atoms with E-state index < -0.39 is 20.1 Å². The molecule has 0 aromatic rings. The number of hydrogen-bond donors (Lipinski definition) is 3. The Kier molecular flexibility index (Phi) is 105. The zero-order valence-corrected chi connectivity index (χ0v) is 12.1. The third-order valence-corrected chi connectivity index (χ3v) is 0. The molecule has 4 nitrogen and oxygen atoms in total. The molecule has 0 fully saturated rings. The molecule has 0 aromatic heterocycles. The molecule has 0 saturated carbocycles. The van der Waals surface area contributed by atoms with Crippen molar-refractivity contribution in [3.63, 3.8) is 0 Å². The first-order valence-electron chi connectivity index (χ1n) is 0.783. The molecule has 0 aromatic carbocycles. The first-order chi connectivity index (χ1) is 2.00. The average molecular weight is 408 g/mol. The van der Waals surface area contributed by atoms with Gasteiger partial charge in [-0.15, -0.1) is 74.4 Å². The average Bonchev–Trinajstić information content (AvgIpc) is 0.722. The second-order valence-corrected chi connectivity index (χ2v) is 3.44. The Morgan fingerprint density at radius 1 is 0.636 bits per heavy atom. The molecule has 0 unspecified atom stereocenters. The van der Waals surface area contributed by atoms with Gasteiger partial charge in [0.2, 0.25) is 0 Å². The molecule has 11 heteroatoms. The van der Waals surface area contributed by atoms with Crippen molar-refractivity contribution in [1.29, 1.82) is 0 Å². The first kappa shape index (κ1) is 51.0. The molecular formula is H9Cl6O4Sb. The molecule has 11 heavy (non-hydrogen) atoms. The summed E-state index contributed by atoms with van der Waals surface area (Å²) >= 11 is -5.35. The Balaban J connectivity index is -0.00000000533. The zero-order valence-electron chi connectivity index (χ0n) is 4.65. The van der Waals surface area contributed by atoms with Crippen molar-refractivity contribution in [2.45, 2.75) is 0 Å². The third kappa shape index (κ3) is 256. The van der Waals surface area contributed by atoms with Crippen molar-refractivity contribution in [3.8, 4) is 0 Å². The minimum atomic E-state index is -5.35. The topological polar surface area (TPSA) is 77.8 Å². The van der Waals surface area contributed by atoms with Gasteiger partial charge in [0.25, 0.3) is 0 Å². The van der Waals surface area contributed by atoms with Crippen LogP contribution in [0.4, 0.5) is 0 Å². The molecule has 0 aliphatic rings. The summed E-state index contributed by atoms with van der Waals surface area (Å²) in [5, 5.41) is 0. The standard InChI is InChI=1S/6ClH.3H2O.O.Sb/h6*1H;3*1H2;;/q;;;;;;;;;;+3/p-3. The Morgan fingerprint density at radius 3 is 0.636 bits per heavy atom. The minimum absolute atomic E-state index is 0. The van der Waals surface area contributed by atoms with Crippen LogP contribution in [0.1, 0.15) is 0 Å². The Bertz CT molecular complexity index is 60.7. The third-order valence-electron chi connectivity index (χ3n) is 0. The van der Waals surface area contributed by atoms with E-state index in [1.54, 1.807) is 0 Å². The Morgan fingerprint density at radius 2 is 0.636 bits per heavy atom. The van der Waals surface area contributed by atoms with Crippen LogP contribution in [0.25, 0.3) is 0 Å². The second kappa shape index (κ2) is 22.8. The number of hydrogen-bond acceptors (Lipinski definition) is 1. The fraction of sp³-hybridized carbons (Fsp3) is 0. The van der Waals surface area contributed by atoms with Gasteiger partial charge >= 0.3 is 33.2 Å². The van der Waals surface area contributed by atoms with Gasteiger partial charge in [0.15, 0.2) is 0 Å². The van der Waals surface area contributed by atoms with Gasteiger partial charge < -0.3 is 0 Å². The van der Waals surface area contributed by atoms with Crippen LogP contribution < -0.4 is 0 Å². The van der Waals surface area contributed by atoms with Gasteiger partial charge in [0.1, 0.15) is 0 Å². The molecule has 0 aliphatic carbocycles. The quantitative estimate of drug-likeness (QED) is 0.507. The summed E-state index contributed by atoms with van der Waals surface area (Å²) in [5.41, 5.74) is 0. The summed E-state index contributed by atoms with van der Waals surface area (Å²) in [6, 6.07) is 0. The maximum atomic E-state index is 8.97.